The van der Waals surface area contributed by atoms with Crippen LogP contribution < -0.4 is 4.90 Å². The van der Waals surface area contributed by atoms with Crippen molar-refractivity contribution in [1.29, 1.82) is 0 Å². The highest BCUT2D eigenvalue weighted by Crippen LogP contribution is 2.64. The topological polar surface area (TPSA) is 113 Å². The number of carbonyl (C=O) groups excluding carboxylic acids is 1. The number of benzene rings is 2. The summed E-state index contributed by atoms with van der Waals surface area (Å²) in [5, 5.41) is 30.7. The van der Waals surface area contributed by atoms with Gasteiger partial charge in [0.15, 0.2) is 0 Å². The van der Waals surface area contributed by atoms with E-state index in [2.05, 4.69) is 25.9 Å². The van der Waals surface area contributed by atoms with Crippen LogP contribution in [0.25, 0.3) is 11.8 Å². The lowest BCUT2D eigenvalue weighted by Crippen LogP contribution is -2.32. The van der Waals surface area contributed by atoms with Crippen LogP contribution in [-0.4, -0.2) is 31.4 Å². The third-order valence-electron chi connectivity index (χ3n) is 9.08. The Balaban J connectivity index is 1.37. The Hall–Kier alpha value is -4.18. The second kappa shape index (κ2) is 9.48. The molecule has 2 aliphatic carbocycles. The van der Waals surface area contributed by atoms with Crippen LogP contribution in [0.3, 0.4) is 0 Å². The first kappa shape index (κ1) is 26.1. The van der Waals surface area contributed by atoms with Gasteiger partial charge in [0, 0.05) is 40.8 Å². The van der Waals surface area contributed by atoms with Gasteiger partial charge in [-0.25, -0.2) is 0 Å². The van der Waals surface area contributed by atoms with Crippen molar-refractivity contribution in [3.05, 3.63) is 87.6 Å². The monoisotopic (exact) mass is 555 g/mol. The van der Waals surface area contributed by atoms with Gasteiger partial charge in [0.25, 0.3) is 11.6 Å². The van der Waals surface area contributed by atoms with Gasteiger partial charge in [0.2, 0.25) is 5.17 Å². The van der Waals surface area contributed by atoms with Crippen LogP contribution in [0.1, 0.15) is 45.7 Å². The van der Waals surface area contributed by atoms with Crippen molar-refractivity contribution in [1.82, 2.24) is 4.57 Å². The van der Waals surface area contributed by atoms with Crippen molar-refractivity contribution in [3.63, 3.8) is 0 Å². The molecular formula is C30H29N5O4S. The predicted octanol–water partition coefficient (Wildman–Crippen LogP) is 6.77. The number of amidine groups is 1. The van der Waals surface area contributed by atoms with E-state index in [-0.39, 0.29) is 28.2 Å². The molecule has 3 aromatic rings. The number of phenolic OH excluding ortho intramolecular Hbond substituents is 1. The van der Waals surface area contributed by atoms with Gasteiger partial charge in [0.1, 0.15) is 5.75 Å². The van der Waals surface area contributed by atoms with Gasteiger partial charge in [-0.15, -0.1) is 5.10 Å². The lowest BCUT2D eigenvalue weighted by Gasteiger charge is -2.34. The lowest BCUT2D eigenvalue weighted by molar-refractivity contribution is -0.384. The average molecular weight is 556 g/mol. The second-order valence-corrected chi connectivity index (χ2v) is 12.3. The first-order valence-corrected chi connectivity index (χ1v) is 14.0. The number of nitrogens with zero attached hydrogens (tertiary/aromatic N) is 5. The summed E-state index contributed by atoms with van der Waals surface area (Å²) in [6, 6.07) is 16.4. The summed E-state index contributed by atoms with van der Waals surface area (Å²) in [5.41, 5.74) is 3.31. The van der Waals surface area contributed by atoms with E-state index >= 15 is 0 Å². The minimum absolute atomic E-state index is 0.0112. The molecular weight excluding hydrogens is 526 g/mol. The summed E-state index contributed by atoms with van der Waals surface area (Å²) in [5.74, 6) is 0.450. The molecule has 1 aliphatic heterocycles. The zero-order valence-electron chi connectivity index (χ0n) is 22.4. The summed E-state index contributed by atoms with van der Waals surface area (Å²) >= 11 is 1.25. The molecule has 1 saturated heterocycles. The molecule has 1 amide bonds. The number of fused-ring (bicyclic) bond motifs is 2. The van der Waals surface area contributed by atoms with Crippen molar-refractivity contribution < 1.29 is 14.8 Å². The molecule has 1 aromatic heterocycles. The number of hydrogen-bond acceptors (Lipinski definition) is 7. The van der Waals surface area contributed by atoms with Gasteiger partial charge in [-0.05, 0) is 97.0 Å². The van der Waals surface area contributed by atoms with E-state index in [0.717, 1.165) is 29.9 Å². The number of nitro benzene ring substituents is 1. The van der Waals surface area contributed by atoms with Crippen molar-refractivity contribution in [3.8, 4) is 11.4 Å². The van der Waals surface area contributed by atoms with Crippen LogP contribution in [0, 0.1) is 26.9 Å². The zero-order chi connectivity index (χ0) is 28.2. The quantitative estimate of drug-likeness (QED) is 0.212. The summed E-state index contributed by atoms with van der Waals surface area (Å²) in [7, 11) is 0. The molecule has 3 aliphatic rings. The van der Waals surface area contributed by atoms with Gasteiger partial charge in [0.05, 0.1) is 15.5 Å². The maximum absolute atomic E-state index is 13.7. The number of amides is 1. The zero-order valence-corrected chi connectivity index (χ0v) is 23.3. The number of rotatable bonds is 5. The van der Waals surface area contributed by atoms with Crippen LogP contribution in [0.5, 0.6) is 5.75 Å². The molecule has 1 N–H and O–H groups in total. The molecule has 2 bridgehead atoms. The van der Waals surface area contributed by atoms with E-state index in [9.17, 15) is 20.0 Å². The largest absolute Gasteiger partial charge is 0.508 e. The minimum Gasteiger partial charge on any atom is -0.508 e. The summed E-state index contributed by atoms with van der Waals surface area (Å²) in [6.07, 6.45) is 6.84. The summed E-state index contributed by atoms with van der Waals surface area (Å²) in [4.78, 5) is 26.4. The standard InChI is InChI=1S/C30H29N5O4S/c1-29(2)19-14-15-30(29,3)26(17-19)31-32-28-34(21-10-12-24(36)13-11-21)27(37)25(40-28)18-23-5-4-16-33(23)20-6-8-22(9-7-20)35(38)39/h4-13,16,18-19,36H,14-15,17H2,1-3H3/b25-18-,31-26+,32-28+. The van der Waals surface area contributed by atoms with Crippen molar-refractivity contribution in [2.75, 3.05) is 4.90 Å². The highest BCUT2D eigenvalue weighted by molar-refractivity contribution is 8.19. The molecule has 40 heavy (non-hydrogen) atoms. The summed E-state index contributed by atoms with van der Waals surface area (Å²) < 4.78 is 1.86. The number of non-ortho nitro benzene ring substituents is 1. The number of thioether (sulfide) groups is 1. The van der Waals surface area contributed by atoms with Gasteiger partial charge in [-0.2, -0.15) is 5.10 Å². The van der Waals surface area contributed by atoms with Crippen LogP contribution in [-0.2, 0) is 4.79 Å². The number of anilines is 1. The van der Waals surface area contributed by atoms with Gasteiger partial charge in [-0.3, -0.25) is 19.8 Å². The van der Waals surface area contributed by atoms with Gasteiger partial charge in [-0.1, -0.05) is 20.8 Å². The van der Waals surface area contributed by atoms with E-state index in [1.165, 1.54) is 47.3 Å². The maximum Gasteiger partial charge on any atom is 0.271 e. The van der Waals surface area contributed by atoms with Crippen molar-refractivity contribution >= 4 is 46.0 Å². The fourth-order valence-electron chi connectivity index (χ4n) is 6.17. The Morgan fingerprint density at radius 2 is 1.75 bits per heavy atom. The fraction of sp³-hybridized carbons (Fsp3) is 0.300. The molecule has 10 heteroatoms. The maximum atomic E-state index is 13.7. The number of aromatic nitrogens is 1. The van der Waals surface area contributed by atoms with E-state index in [4.69, 9.17) is 5.10 Å². The van der Waals surface area contributed by atoms with Crippen LogP contribution in [0.4, 0.5) is 11.4 Å². The van der Waals surface area contributed by atoms with Crippen molar-refractivity contribution in [2.24, 2.45) is 27.0 Å². The first-order chi connectivity index (χ1) is 19.1. The van der Waals surface area contributed by atoms with Gasteiger partial charge < -0.3 is 9.67 Å². The Morgan fingerprint density at radius 3 is 2.38 bits per heavy atom. The third kappa shape index (κ3) is 4.14. The highest BCUT2D eigenvalue weighted by atomic mass is 32.2. The van der Waals surface area contributed by atoms with Crippen LogP contribution in [0.15, 0.2) is 82.0 Å². The summed E-state index contributed by atoms with van der Waals surface area (Å²) in [6.45, 7) is 6.91. The molecule has 9 nitrogen and oxygen atoms in total. The Morgan fingerprint density at radius 1 is 1.05 bits per heavy atom. The van der Waals surface area contributed by atoms with E-state index in [1.54, 1.807) is 30.3 Å². The third-order valence-corrected chi connectivity index (χ3v) is 10.0. The van der Waals surface area contributed by atoms with E-state index in [0.29, 0.717) is 21.7 Å². The number of hydrogen-bond donors (Lipinski definition) is 1. The van der Waals surface area contributed by atoms with Crippen molar-refractivity contribution in [2.45, 2.75) is 40.0 Å². The van der Waals surface area contributed by atoms with Crippen LogP contribution in [0.2, 0.25) is 0 Å². The Bertz CT molecular complexity index is 1600. The minimum atomic E-state index is -0.434. The molecule has 2 heterocycles. The van der Waals surface area contributed by atoms with E-state index < -0.39 is 4.92 Å². The molecule has 2 atom stereocenters. The number of aromatic hydroxyl groups is 1. The molecule has 2 unspecified atom stereocenters. The average Bonchev–Trinajstić information content (AvgIpc) is 3.62. The predicted molar refractivity (Wildman–Crippen MR) is 158 cm³/mol. The molecule has 2 aromatic carbocycles. The second-order valence-electron chi connectivity index (χ2n) is 11.3. The smallest absolute Gasteiger partial charge is 0.271 e. The van der Waals surface area contributed by atoms with Gasteiger partial charge >= 0.3 is 0 Å². The highest BCUT2D eigenvalue weighted by Gasteiger charge is 2.60. The number of nitro groups is 1. The molecule has 204 valence electrons. The Labute approximate surface area is 236 Å². The fourth-order valence-corrected chi connectivity index (χ4v) is 7.09. The molecule has 2 saturated carbocycles. The SMILES string of the molecule is CC12CCC(C/C1=N\N=C1\S/C(=C\c3cccn3-c3ccc([N+](=O)[O-])cc3)C(=O)N1c1ccc(O)cc1)C2(C)C. The van der Waals surface area contributed by atoms with E-state index in [1.807, 2.05) is 22.9 Å². The molecule has 0 radical (unpaired) electrons. The number of phenols is 1. The first-order valence-electron chi connectivity index (χ1n) is 13.2. The molecule has 6 rings (SSSR count). The molecule has 3 fully saturated rings. The molecule has 0 spiro atoms. The Kier molecular flexibility index (Phi) is 6.18. The normalized spacial score (nSPS) is 26.5. The number of carbonyl (C=O) groups is 1. The lowest BCUT2D eigenvalue weighted by atomic mass is 9.70. The van der Waals surface area contributed by atoms with Crippen LogP contribution >= 0.6 is 11.8 Å².